The number of benzene rings is 1. The molecule has 112 valence electrons. The van der Waals surface area contributed by atoms with E-state index in [0.717, 1.165) is 24.5 Å². The van der Waals surface area contributed by atoms with Gasteiger partial charge in [-0.3, -0.25) is 0 Å². The van der Waals surface area contributed by atoms with Crippen molar-refractivity contribution in [1.29, 1.82) is 0 Å². The summed E-state index contributed by atoms with van der Waals surface area (Å²) in [7, 11) is 0. The molecule has 1 aliphatic rings. The average molecular weight is 279 g/mol. The van der Waals surface area contributed by atoms with Gasteiger partial charge in [-0.25, -0.2) is 4.39 Å². The summed E-state index contributed by atoms with van der Waals surface area (Å²) in [5.74, 6) is -0.391. The van der Waals surface area contributed by atoms with Crippen molar-refractivity contribution >= 4 is 0 Å². The van der Waals surface area contributed by atoms with Crippen LogP contribution in [0.4, 0.5) is 4.39 Å². The molecule has 2 N–H and O–H groups in total. The number of phenolic OH excluding ortho intramolecular Hbond substituents is 1. The molecular formula is C17H26FNO. The first kappa shape index (κ1) is 15.3. The van der Waals surface area contributed by atoms with Gasteiger partial charge in [0.25, 0.3) is 0 Å². The van der Waals surface area contributed by atoms with Gasteiger partial charge >= 0.3 is 0 Å². The lowest BCUT2D eigenvalue weighted by molar-refractivity contribution is 0.0844. The number of rotatable bonds is 3. The molecule has 1 aromatic carbocycles. The Hall–Kier alpha value is -1.09. The molecule has 2 rings (SSSR count). The first-order valence-electron chi connectivity index (χ1n) is 7.37. The number of hydrogen-bond acceptors (Lipinski definition) is 2. The number of phenols is 1. The van der Waals surface area contributed by atoms with E-state index in [4.69, 9.17) is 0 Å². The van der Waals surface area contributed by atoms with Crippen LogP contribution < -0.4 is 5.32 Å². The van der Waals surface area contributed by atoms with Crippen molar-refractivity contribution in [3.63, 3.8) is 0 Å². The van der Waals surface area contributed by atoms with Gasteiger partial charge in [0.2, 0.25) is 0 Å². The molecule has 2 nitrogen and oxygen atoms in total. The van der Waals surface area contributed by atoms with Crippen LogP contribution in [0.5, 0.6) is 5.75 Å². The van der Waals surface area contributed by atoms with E-state index in [1.807, 2.05) is 0 Å². The Labute approximate surface area is 121 Å². The molecule has 20 heavy (non-hydrogen) atoms. The summed E-state index contributed by atoms with van der Waals surface area (Å²) in [6.45, 7) is 9.86. The van der Waals surface area contributed by atoms with Gasteiger partial charge in [-0.2, -0.15) is 0 Å². The van der Waals surface area contributed by atoms with Gasteiger partial charge in [-0.05, 0) is 47.8 Å². The molecule has 1 aliphatic carbocycles. The van der Waals surface area contributed by atoms with E-state index in [1.165, 1.54) is 12.5 Å². The van der Waals surface area contributed by atoms with E-state index < -0.39 is 0 Å². The van der Waals surface area contributed by atoms with Gasteiger partial charge in [0.15, 0.2) is 0 Å². The predicted octanol–water partition coefficient (Wildman–Crippen LogP) is 4.23. The van der Waals surface area contributed by atoms with Crippen molar-refractivity contribution in [2.24, 2.45) is 10.8 Å². The Bertz CT molecular complexity index is 446. The molecule has 1 saturated carbocycles. The molecule has 0 heterocycles. The molecule has 0 amide bonds. The highest BCUT2D eigenvalue weighted by Gasteiger charge is 2.38. The highest BCUT2D eigenvalue weighted by atomic mass is 19.1. The summed E-state index contributed by atoms with van der Waals surface area (Å²) in [5, 5.41) is 13.0. The number of aromatic hydroxyl groups is 1. The highest BCUT2D eigenvalue weighted by Crippen LogP contribution is 2.45. The molecule has 3 heteroatoms. The van der Waals surface area contributed by atoms with E-state index in [1.54, 1.807) is 6.07 Å². The lowest BCUT2D eigenvalue weighted by atomic mass is 9.63. The van der Waals surface area contributed by atoms with Crippen molar-refractivity contribution in [2.75, 3.05) is 0 Å². The monoisotopic (exact) mass is 279 g/mol. The quantitative estimate of drug-likeness (QED) is 0.868. The summed E-state index contributed by atoms with van der Waals surface area (Å²) >= 11 is 0. The van der Waals surface area contributed by atoms with Crippen LogP contribution in [-0.2, 0) is 6.54 Å². The maximum atomic E-state index is 13.3. The van der Waals surface area contributed by atoms with Crippen LogP contribution in [0.1, 0.15) is 52.5 Å². The second kappa shape index (κ2) is 5.36. The molecule has 0 unspecified atom stereocenters. The fourth-order valence-corrected chi connectivity index (χ4v) is 3.99. The third-order valence-corrected chi connectivity index (χ3v) is 4.09. The largest absolute Gasteiger partial charge is 0.508 e. The van der Waals surface area contributed by atoms with Gasteiger partial charge in [-0.1, -0.05) is 27.7 Å². The van der Waals surface area contributed by atoms with Gasteiger partial charge in [0.05, 0.1) is 0 Å². The van der Waals surface area contributed by atoms with Crippen LogP contribution in [0.15, 0.2) is 18.2 Å². The van der Waals surface area contributed by atoms with Crippen LogP contribution in [0.3, 0.4) is 0 Å². The third kappa shape index (κ3) is 4.20. The topological polar surface area (TPSA) is 32.3 Å². The zero-order valence-corrected chi connectivity index (χ0v) is 13.0. The smallest absolute Gasteiger partial charge is 0.127 e. The minimum Gasteiger partial charge on any atom is -0.508 e. The Kier molecular flexibility index (Phi) is 4.10. The van der Waals surface area contributed by atoms with E-state index in [2.05, 4.69) is 33.0 Å². The van der Waals surface area contributed by atoms with Crippen LogP contribution in [0.25, 0.3) is 0 Å². The molecule has 0 atom stereocenters. The Balaban J connectivity index is 1.99. The second-order valence-corrected chi connectivity index (χ2v) is 7.81. The Morgan fingerprint density at radius 2 is 1.75 bits per heavy atom. The number of halogens is 1. The Morgan fingerprint density at radius 1 is 1.15 bits per heavy atom. The average Bonchev–Trinajstić information content (AvgIpc) is 2.20. The minimum absolute atomic E-state index is 0.00824. The van der Waals surface area contributed by atoms with Crippen LogP contribution in [0.2, 0.25) is 0 Å². The van der Waals surface area contributed by atoms with Crippen LogP contribution in [-0.4, -0.2) is 11.1 Å². The number of nitrogens with one attached hydrogen (secondary N) is 1. The van der Waals surface area contributed by atoms with Crippen molar-refractivity contribution < 1.29 is 9.50 Å². The molecule has 0 radical (unpaired) electrons. The van der Waals surface area contributed by atoms with Crippen molar-refractivity contribution in [1.82, 2.24) is 5.32 Å². The van der Waals surface area contributed by atoms with Gasteiger partial charge < -0.3 is 10.4 Å². The maximum Gasteiger partial charge on any atom is 0.127 e. The summed E-state index contributed by atoms with van der Waals surface area (Å²) in [6.07, 6.45) is 3.51. The Morgan fingerprint density at radius 3 is 2.30 bits per heavy atom. The maximum absolute atomic E-state index is 13.3. The zero-order valence-electron chi connectivity index (χ0n) is 13.0. The first-order chi connectivity index (χ1) is 9.15. The fourth-order valence-electron chi connectivity index (χ4n) is 3.99. The van der Waals surface area contributed by atoms with E-state index >= 15 is 0 Å². The molecule has 0 aromatic heterocycles. The third-order valence-electron chi connectivity index (χ3n) is 4.09. The first-order valence-corrected chi connectivity index (χ1v) is 7.37. The lowest BCUT2D eigenvalue weighted by Gasteiger charge is -2.45. The van der Waals surface area contributed by atoms with Crippen molar-refractivity contribution in [2.45, 2.75) is 59.5 Å². The van der Waals surface area contributed by atoms with Crippen molar-refractivity contribution in [3.05, 3.63) is 29.6 Å². The summed E-state index contributed by atoms with van der Waals surface area (Å²) in [4.78, 5) is 0. The highest BCUT2D eigenvalue weighted by molar-refractivity contribution is 5.28. The molecular weight excluding hydrogens is 253 g/mol. The van der Waals surface area contributed by atoms with Gasteiger partial charge in [-0.15, -0.1) is 0 Å². The molecule has 0 bridgehead atoms. The molecule has 0 saturated heterocycles. The minimum atomic E-state index is -0.383. The van der Waals surface area contributed by atoms with E-state index in [0.29, 0.717) is 23.4 Å². The standard InChI is InChI=1S/C17H26FNO/c1-16(2)8-14(9-17(3,4)11-16)19-10-12-5-13(18)7-15(20)6-12/h5-7,14,19-20H,8-11H2,1-4H3. The van der Waals surface area contributed by atoms with Gasteiger partial charge in [0.1, 0.15) is 11.6 Å². The summed E-state index contributed by atoms with van der Waals surface area (Å²) in [6, 6.07) is 4.68. The van der Waals surface area contributed by atoms with E-state index in [-0.39, 0.29) is 11.6 Å². The molecule has 1 aromatic rings. The van der Waals surface area contributed by atoms with Gasteiger partial charge in [0, 0.05) is 18.7 Å². The SMILES string of the molecule is CC1(C)CC(NCc2cc(O)cc(F)c2)CC(C)(C)C1. The zero-order chi connectivity index (χ0) is 15.0. The predicted molar refractivity (Wildman–Crippen MR) is 80.1 cm³/mol. The summed E-state index contributed by atoms with van der Waals surface area (Å²) < 4.78 is 13.3. The van der Waals surface area contributed by atoms with Crippen LogP contribution >= 0.6 is 0 Å². The number of hydrogen-bond donors (Lipinski definition) is 2. The van der Waals surface area contributed by atoms with Crippen molar-refractivity contribution in [3.8, 4) is 5.75 Å². The summed E-state index contributed by atoms with van der Waals surface area (Å²) in [5.41, 5.74) is 1.47. The second-order valence-electron chi connectivity index (χ2n) is 7.81. The normalized spacial score (nSPS) is 21.9. The fraction of sp³-hybridized carbons (Fsp3) is 0.647. The lowest BCUT2D eigenvalue weighted by Crippen LogP contribution is -2.43. The molecule has 0 spiro atoms. The van der Waals surface area contributed by atoms with Crippen LogP contribution in [0, 0.1) is 16.6 Å². The molecule has 1 fully saturated rings. The van der Waals surface area contributed by atoms with E-state index in [9.17, 15) is 9.50 Å². The molecule has 0 aliphatic heterocycles.